The molecule has 1 aliphatic heterocycles. The Morgan fingerprint density at radius 3 is 2.38 bits per heavy atom. The zero-order valence-corrected chi connectivity index (χ0v) is 16.6. The van der Waals surface area contributed by atoms with Gasteiger partial charge in [-0.2, -0.15) is 4.98 Å². The van der Waals surface area contributed by atoms with Crippen molar-refractivity contribution in [2.45, 2.75) is 13.8 Å². The summed E-state index contributed by atoms with van der Waals surface area (Å²) in [5.41, 5.74) is 9.70. The summed E-state index contributed by atoms with van der Waals surface area (Å²) in [7, 11) is 0. The van der Waals surface area contributed by atoms with Gasteiger partial charge in [0.2, 0.25) is 5.88 Å². The third-order valence-corrected chi connectivity index (χ3v) is 5.29. The number of benzene rings is 2. The van der Waals surface area contributed by atoms with Crippen molar-refractivity contribution in [3.05, 3.63) is 65.7 Å². The lowest BCUT2D eigenvalue weighted by Gasteiger charge is -2.37. The molecule has 1 saturated heterocycles. The minimum Gasteiger partial charge on any atom is -0.437 e. The molecule has 0 atom stereocenters. The fourth-order valence-corrected chi connectivity index (χ4v) is 3.46. The summed E-state index contributed by atoms with van der Waals surface area (Å²) in [5, 5.41) is 0. The predicted molar refractivity (Wildman–Crippen MR) is 113 cm³/mol. The molecule has 1 aliphatic rings. The van der Waals surface area contributed by atoms with Crippen molar-refractivity contribution >= 4 is 17.2 Å². The van der Waals surface area contributed by atoms with E-state index < -0.39 is 0 Å². The Balaban J connectivity index is 1.49. The maximum atomic E-state index is 14.1. The van der Waals surface area contributed by atoms with E-state index in [0.717, 1.165) is 5.56 Å². The maximum Gasteiger partial charge on any atom is 0.248 e. The van der Waals surface area contributed by atoms with Crippen LogP contribution in [0, 0.1) is 19.7 Å². The van der Waals surface area contributed by atoms with Crippen molar-refractivity contribution in [1.82, 2.24) is 9.97 Å². The van der Waals surface area contributed by atoms with E-state index in [-0.39, 0.29) is 5.82 Å². The monoisotopic (exact) mass is 393 g/mol. The summed E-state index contributed by atoms with van der Waals surface area (Å²) in [5.74, 6) is 1.47. The van der Waals surface area contributed by atoms with Crippen LogP contribution in [0.15, 0.2) is 48.8 Å². The van der Waals surface area contributed by atoms with Gasteiger partial charge in [-0.3, -0.25) is 0 Å². The Hall–Kier alpha value is -3.35. The highest BCUT2D eigenvalue weighted by Crippen LogP contribution is 2.33. The molecular formula is C22H24FN5O. The Bertz CT molecular complexity index is 1020. The van der Waals surface area contributed by atoms with Crippen molar-refractivity contribution < 1.29 is 9.13 Å². The summed E-state index contributed by atoms with van der Waals surface area (Å²) < 4.78 is 20.0. The van der Waals surface area contributed by atoms with Crippen LogP contribution in [0.5, 0.6) is 11.6 Å². The fourth-order valence-electron chi connectivity index (χ4n) is 3.46. The quantitative estimate of drug-likeness (QED) is 0.724. The average Bonchev–Trinajstić information content (AvgIpc) is 2.73. The molecule has 1 aromatic heterocycles. The number of piperazine rings is 1. The van der Waals surface area contributed by atoms with Gasteiger partial charge >= 0.3 is 0 Å². The molecule has 0 aliphatic carbocycles. The van der Waals surface area contributed by atoms with E-state index in [1.54, 1.807) is 12.1 Å². The number of nitrogen functional groups attached to an aromatic ring is 1. The molecule has 0 bridgehead atoms. The van der Waals surface area contributed by atoms with E-state index >= 15 is 0 Å². The molecule has 0 amide bonds. The van der Waals surface area contributed by atoms with Crippen molar-refractivity contribution in [2.24, 2.45) is 0 Å². The highest BCUT2D eigenvalue weighted by molar-refractivity contribution is 5.69. The van der Waals surface area contributed by atoms with Crippen LogP contribution < -0.4 is 20.3 Å². The van der Waals surface area contributed by atoms with Gasteiger partial charge in [0.1, 0.15) is 23.6 Å². The van der Waals surface area contributed by atoms with Crippen LogP contribution in [0.3, 0.4) is 0 Å². The minimum atomic E-state index is -0.202. The molecule has 0 radical (unpaired) electrons. The van der Waals surface area contributed by atoms with Crippen LogP contribution in [0.4, 0.5) is 21.6 Å². The first kappa shape index (κ1) is 19.0. The second kappa shape index (κ2) is 7.95. The van der Waals surface area contributed by atoms with E-state index in [1.165, 1.54) is 18.0 Å². The molecular weight excluding hydrogens is 369 g/mol. The molecule has 2 aromatic carbocycles. The largest absolute Gasteiger partial charge is 0.437 e. The molecule has 0 unspecified atom stereocenters. The topological polar surface area (TPSA) is 67.5 Å². The molecule has 29 heavy (non-hydrogen) atoms. The van der Waals surface area contributed by atoms with Crippen LogP contribution >= 0.6 is 0 Å². The van der Waals surface area contributed by atoms with Crippen molar-refractivity contribution in [2.75, 3.05) is 41.7 Å². The number of nitrogens with two attached hydrogens (primary N) is 1. The van der Waals surface area contributed by atoms with Gasteiger partial charge < -0.3 is 20.3 Å². The number of halogens is 1. The minimum absolute atomic E-state index is 0.202. The highest BCUT2D eigenvalue weighted by atomic mass is 19.1. The zero-order chi connectivity index (χ0) is 20.4. The summed E-state index contributed by atoms with van der Waals surface area (Å²) in [6.07, 6.45) is 1.46. The Morgan fingerprint density at radius 2 is 1.66 bits per heavy atom. The number of anilines is 3. The van der Waals surface area contributed by atoms with Gasteiger partial charge in [-0.15, -0.1) is 0 Å². The second-order valence-corrected chi connectivity index (χ2v) is 7.19. The van der Waals surface area contributed by atoms with Crippen LogP contribution in [-0.4, -0.2) is 36.1 Å². The number of rotatable bonds is 4. The summed E-state index contributed by atoms with van der Waals surface area (Å²) >= 11 is 0. The first-order chi connectivity index (χ1) is 14.0. The smallest absolute Gasteiger partial charge is 0.248 e. The summed E-state index contributed by atoms with van der Waals surface area (Å²) in [4.78, 5) is 12.7. The second-order valence-electron chi connectivity index (χ2n) is 7.19. The molecule has 0 spiro atoms. The summed E-state index contributed by atoms with van der Waals surface area (Å²) in [6.45, 7) is 6.80. The van der Waals surface area contributed by atoms with Gasteiger partial charge in [0, 0.05) is 26.2 Å². The molecule has 4 rings (SSSR count). The first-order valence-corrected chi connectivity index (χ1v) is 9.63. The molecule has 7 heteroatoms. The van der Waals surface area contributed by atoms with E-state index in [1.807, 2.05) is 36.1 Å². The SMILES string of the molecule is Cc1ccc(Oc2ncnc(N3CCN(c4ccccc4F)CC3)c2N)cc1C. The number of nitrogens with zero attached hydrogens (tertiary/aromatic N) is 4. The van der Waals surface area contributed by atoms with Crippen LogP contribution in [0.25, 0.3) is 0 Å². The van der Waals surface area contributed by atoms with E-state index in [2.05, 4.69) is 21.8 Å². The Morgan fingerprint density at radius 1 is 0.931 bits per heavy atom. The van der Waals surface area contributed by atoms with Gasteiger partial charge in [0.05, 0.1) is 5.69 Å². The molecule has 3 aromatic rings. The average molecular weight is 393 g/mol. The lowest BCUT2D eigenvalue weighted by atomic mass is 10.1. The maximum absolute atomic E-state index is 14.1. The normalized spacial score (nSPS) is 14.2. The van der Waals surface area contributed by atoms with Crippen molar-refractivity contribution in [1.29, 1.82) is 0 Å². The van der Waals surface area contributed by atoms with Crippen LogP contribution in [0.1, 0.15) is 11.1 Å². The fraction of sp³-hybridized carbons (Fsp3) is 0.273. The molecule has 2 heterocycles. The summed E-state index contributed by atoms with van der Waals surface area (Å²) in [6, 6.07) is 12.7. The van der Waals surface area contributed by atoms with E-state index in [9.17, 15) is 4.39 Å². The molecule has 6 nitrogen and oxygen atoms in total. The van der Waals surface area contributed by atoms with E-state index in [4.69, 9.17) is 10.5 Å². The lowest BCUT2D eigenvalue weighted by Crippen LogP contribution is -2.47. The standard InChI is InChI=1S/C22H24FN5O/c1-15-7-8-17(13-16(15)2)29-22-20(24)21(25-14-26-22)28-11-9-27(10-12-28)19-6-4-3-5-18(19)23/h3-8,13-14H,9-12,24H2,1-2H3. The van der Waals surface area contributed by atoms with Crippen LogP contribution in [0.2, 0.25) is 0 Å². The number of ether oxygens (including phenoxy) is 1. The zero-order valence-electron chi connectivity index (χ0n) is 16.6. The molecule has 1 fully saturated rings. The van der Waals surface area contributed by atoms with Crippen LogP contribution in [-0.2, 0) is 0 Å². The number of para-hydroxylation sites is 1. The third-order valence-electron chi connectivity index (χ3n) is 5.29. The molecule has 150 valence electrons. The van der Waals surface area contributed by atoms with Gasteiger partial charge in [-0.05, 0) is 49.2 Å². The number of hydrogen-bond donors (Lipinski definition) is 1. The number of aryl methyl sites for hydroxylation is 2. The number of aromatic nitrogens is 2. The van der Waals surface area contributed by atoms with Crippen molar-refractivity contribution in [3.63, 3.8) is 0 Å². The van der Waals surface area contributed by atoms with Gasteiger partial charge in [-0.1, -0.05) is 18.2 Å². The van der Waals surface area contributed by atoms with Gasteiger partial charge in [0.15, 0.2) is 5.82 Å². The first-order valence-electron chi connectivity index (χ1n) is 9.63. The Labute approximate surface area is 169 Å². The molecule has 2 N–H and O–H groups in total. The predicted octanol–water partition coefficient (Wildman–Crippen LogP) is 3.93. The number of hydrogen-bond acceptors (Lipinski definition) is 6. The third kappa shape index (κ3) is 3.94. The Kier molecular flexibility index (Phi) is 5.20. The lowest BCUT2D eigenvalue weighted by molar-refractivity contribution is 0.463. The molecule has 0 saturated carbocycles. The highest BCUT2D eigenvalue weighted by Gasteiger charge is 2.23. The van der Waals surface area contributed by atoms with Crippen molar-refractivity contribution in [3.8, 4) is 11.6 Å². The van der Waals surface area contributed by atoms with Gasteiger partial charge in [-0.25, -0.2) is 9.37 Å². The van der Waals surface area contributed by atoms with Gasteiger partial charge in [0.25, 0.3) is 0 Å². The van der Waals surface area contributed by atoms with E-state index in [0.29, 0.717) is 55.0 Å².